The molecule has 1 fully saturated rings. The molecule has 1 saturated heterocycles. The Kier molecular flexibility index (Phi) is 6.57. The number of H-pyrrole nitrogens is 1. The molecule has 4 rings (SSSR count). The molecule has 0 radical (unpaired) electrons. The Labute approximate surface area is 209 Å². The molecule has 186 valence electrons. The fourth-order valence-electron chi connectivity index (χ4n) is 5.15. The molecule has 1 aromatic carbocycles. The van der Waals surface area contributed by atoms with Crippen LogP contribution < -0.4 is 0 Å². The second-order valence-electron chi connectivity index (χ2n) is 10.8. The van der Waals surface area contributed by atoms with Crippen LogP contribution >= 0.6 is 11.3 Å². The molecule has 0 unspecified atom stereocenters. The van der Waals surface area contributed by atoms with Crippen LogP contribution in [-0.2, 0) is 10.2 Å². The summed E-state index contributed by atoms with van der Waals surface area (Å²) in [5.74, 6) is -0.528. The van der Waals surface area contributed by atoms with Crippen molar-refractivity contribution in [3.63, 3.8) is 0 Å². The summed E-state index contributed by atoms with van der Waals surface area (Å²) in [6.45, 7) is 12.1. The van der Waals surface area contributed by atoms with Gasteiger partial charge in [0.2, 0.25) is 0 Å². The number of carboxylic acid groups (broad SMARTS) is 1. The topological polar surface area (TPSA) is 112 Å². The van der Waals surface area contributed by atoms with E-state index in [-0.39, 0.29) is 23.7 Å². The van der Waals surface area contributed by atoms with Crippen molar-refractivity contribution >= 4 is 23.2 Å². The van der Waals surface area contributed by atoms with Crippen molar-refractivity contribution in [1.82, 2.24) is 25.1 Å². The number of likely N-dealkylation sites (tertiary alicyclic amines) is 1. The number of thiazole rings is 1. The number of nitrogens with zero attached hydrogens (tertiary/aromatic N) is 4. The summed E-state index contributed by atoms with van der Waals surface area (Å²) in [4.78, 5) is 37.8. The zero-order valence-corrected chi connectivity index (χ0v) is 21.9. The van der Waals surface area contributed by atoms with Gasteiger partial charge in [0.25, 0.3) is 5.91 Å². The molecule has 0 saturated carbocycles. The predicted molar refractivity (Wildman–Crippen MR) is 134 cm³/mol. The third-order valence-electron chi connectivity index (χ3n) is 6.69. The fraction of sp³-hybridized carbons (Fsp3) is 0.500. The van der Waals surface area contributed by atoms with E-state index in [1.165, 1.54) is 11.3 Å². The Balaban J connectivity index is 1.89. The van der Waals surface area contributed by atoms with Gasteiger partial charge in [0.1, 0.15) is 16.4 Å². The van der Waals surface area contributed by atoms with Crippen molar-refractivity contribution < 1.29 is 14.7 Å². The highest BCUT2D eigenvalue weighted by Crippen LogP contribution is 2.54. The Morgan fingerprint density at radius 2 is 1.94 bits per heavy atom. The molecule has 2 aromatic heterocycles. The smallest absolute Gasteiger partial charge is 0.329 e. The number of rotatable bonds is 6. The Bertz CT molecular complexity index is 1200. The van der Waals surface area contributed by atoms with E-state index in [0.29, 0.717) is 28.6 Å². The summed E-state index contributed by atoms with van der Waals surface area (Å²) in [5, 5.41) is 20.4. The quantitative estimate of drug-likeness (QED) is 0.492. The highest BCUT2D eigenvalue weighted by molar-refractivity contribution is 7.09. The summed E-state index contributed by atoms with van der Waals surface area (Å²) >= 11 is 1.42. The third kappa shape index (κ3) is 4.61. The van der Waals surface area contributed by atoms with Crippen LogP contribution in [0.5, 0.6) is 0 Å². The zero-order chi connectivity index (χ0) is 25.5. The molecular weight excluding hydrogens is 462 g/mol. The van der Waals surface area contributed by atoms with Crippen LogP contribution in [-0.4, -0.2) is 47.6 Å². The minimum Gasteiger partial charge on any atom is -0.479 e. The summed E-state index contributed by atoms with van der Waals surface area (Å²) in [6.07, 6.45) is 2.22. The van der Waals surface area contributed by atoms with Gasteiger partial charge in [-0.25, -0.2) is 14.8 Å². The summed E-state index contributed by atoms with van der Waals surface area (Å²) in [7, 11) is 0. The Morgan fingerprint density at radius 1 is 1.26 bits per heavy atom. The molecule has 1 aliphatic rings. The maximum atomic E-state index is 14.2. The second-order valence-corrected chi connectivity index (χ2v) is 11.8. The number of nitrogens with one attached hydrogen (secondary N) is 1. The first kappa shape index (κ1) is 25.0. The van der Waals surface area contributed by atoms with E-state index < -0.39 is 23.5 Å². The fourth-order valence-corrected chi connectivity index (χ4v) is 5.94. The van der Waals surface area contributed by atoms with Crippen LogP contribution in [0.4, 0.5) is 0 Å². The van der Waals surface area contributed by atoms with Crippen molar-refractivity contribution in [3.05, 3.63) is 63.6 Å². The molecule has 3 atom stereocenters. The number of benzene rings is 1. The molecule has 3 heterocycles. The van der Waals surface area contributed by atoms with Crippen LogP contribution in [0.25, 0.3) is 0 Å². The molecule has 8 nitrogen and oxygen atoms in total. The van der Waals surface area contributed by atoms with Gasteiger partial charge in [-0.1, -0.05) is 46.8 Å². The lowest BCUT2D eigenvalue weighted by Crippen LogP contribution is -2.54. The van der Waals surface area contributed by atoms with Crippen LogP contribution in [0.2, 0.25) is 0 Å². The van der Waals surface area contributed by atoms with E-state index in [1.54, 1.807) is 23.2 Å². The monoisotopic (exact) mass is 495 g/mol. The first-order valence-corrected chi connectivity index (χ1v) is 12.8. The van der Waals surface area contributed by atoms with Gasteiger partial charge in [-0.3, -0.25) is 9.89 Å². The SMILES string of the molecule is Cc1nc([C@H]2C[C@@](CC(C)C)(C(=O)O)N(C(=O)c3ccc(C(C)(C)C)cc3)[C@H]2c2nccs2)n[nH]1. The van der Waals surface area contributed by atoms with E-state index in [2.05, 4.69) is 40.9 Å². The van der Waals surface area contributed by atoms with Crippen molar-refractivity contribution in [2.75, 3.05) is 0 Å². The maximum Gasteiger partial charge on any atom is 0.329 e. The molecule has 2 N–H and O–H groups in total. The second kappa shape index (κ2) is 9.18. The molecule has 35 heavy (non-hydrogen) atoms. The highest BCUT2D eigenvalue weighted by Gasteiger charge is 2.60. The lowest BCUT2D eigenvalue weighted by Gasteiger charge is -2.38. The first-order valence-electron chi connectivity index (χ1n) is 11.9. The van der Waals surface area contributed by atoms with E-state index in [1.807, 2.05) is 38.3 Å². The molecule has 3 aromatic rings. The van der Waals surface area contributed by atoms with Gasteiger partial charge >= 0.3 is 5.97 Å². The molecule has 0 bridgehead atoms. The summed E-state index contributed by atoms with van der Waals surface area (Å²) in [6, 6.07) is 6.91. The number of carbonyl (C=O) groups is 2. The van der Waals surface area contributed by atoms with Crippen LogP contribution in [0, 0.1) is 12.8 Å². The van der Waals surface area contributed by atoms with Gasteiger partial charge in [-0.05, 0) is 48.8 Å². The maximum absolute atomic E-state index is 14.2. The van der Waals surface area contributed by atoms with Crippen LogP contribution in [0.3, 0.4) is 0 Å². The number of aryl methyl sites for hydroxylation is 1. The van der Waals surface area contributed by atoms with Gasteiger partial charge < -0.3 is 10.0 Å². The number of amides is 1. The van der Waals surface area contributed by atoms with E-state index >= 15 is 0 Å². The normalized spacial score (nSPS) is 22.7. The molecule has 9 heteroatoms. The molecule has 0 spiro atoms. The van der Waals surface area contributed by atoms with Gasteiger partial charge in [-0.15, -0.1) is 11.3 Å². The van der Waals surface area contributed by atoms with E-state index in [9.17, 15) is 14.7 Å². The van der Waals surface area contributed by atoms with E-state index in [4.69, 9.17) is 0 Å². The number of hydrogen-bond donors (Lipinski definition) is 2. The number of carboxylic acids is 1. The number of hydrogen-bond acceptors (Lipinski definition) is 6. The molecular formula is C26H33N5O3S. The lowest BCUT2D eigenvalue weighted by atomic mass is 9.83. The van der Waals surface area contributed by atoms with Crippen molar-refractivity contribution in [2.45, 2.75) is 77.3 Å². The van der Waals surface area contributed by atoms with Crippen molar-refractivity contribution in [1.29, 1.82) is 0 Å². The Morgan fingerprint density at radius 3 is 2.43 bits per heavy atom. The highest BCUT2D eigenvalue weighted by atomic mass is 32.1. The van der Waals surface area contributed by atoms with Gasteiger partial charge in [0, 0.05) is 17.1 Å². The lowest BCUT2D eigenvalue weighted by molar-refractivity contribution is -0.150. The molecule has 0 aliphatic carbocycles. The summed E-state index contributed by atoms with van der Waals surface area (Å²) in [5.41, 5.74) is 0.0903. The van der Waals surface area contributed by atoms with Crippen LogP contribution in [0.1, 0.15) is 92.0 Å². The number of aromatic amines is 1. The molecule has 1 aliphatic heterocycles. The summed E-state index contributed by atoms with van der Waals surface area (Å²) < 4.78 is 0. The average Bonchev–Trinajstić information content (AvgIpc) is 3.51. The third-order valence-corrected chi connectivity index (χ3v) is 7.54. The predicted octanol–water partition coefficient (Wildman–Crippen LogP) is 5.11. The zero-order valence-electron chi connectivity index (χ0n) is 21.1. The standard InChI is InChI=1S/C26H33N5O3S/c1-15(2)13-26(24(33)34)14-19(21-28-16(3)29-30-21)20(22-27-11-12-35-22)31(26)23(32)17-7-9-18(10-8-17)25(4,5)6/h7-12,15,19-20H,13-14H2,1-6H3,(H,33,34)(H,28,29,30)/t19-,20+,26-/m0/s1. The largest absolute Gasteiger partial charge is 0.479 e. The minimum atomic E-state index is -1.41. The van der Waals surface area contributed by atoms with Crippen molar-refractivity contribution in [2.24, 2.45) is 5.92 Å². The number of carbonyl (C=O) groups excluding carboxylic acids is 1. The van der Waals surface area contributed by atoms with Crippen molar-refractivity contribution in [3.8, 4) is 0 Å². The van der Waals surface area contributed by atoms with Gasteiger partial charge in [0.15, 0.2) is 5.82 Å². The first-order chi connectivity index (χ1) is 16.4. The number of aliphatic carboxylic acids is 1. The Hall–Kier alpha value is -3.07. The van der Waals surface area contributed by atoms with Gasteiger partial charge in [0.05, 0.1) is 12.0 Å². The van der Waals surface area contributed by atoms with E-state index in [0.717, 1.165) is 5.56 Å². The minimum absolute atomic E-state index is 0.0502. The number of aromatic nitrogens is 4. The average molecular weight is 496 g/mol. The van der Waals surface area contributed by atoms with Crippen LogP contribution in [0.15, 0.2) is 35.8 Å². The molecule has 1 amide bonds. The van der Waals surface area contributed by atoms with Gasteiger partial charge in [-0.2, -0.15) is 5.10 Å².